The van der Waals surface area contributed by atoms with Crippen LogP contribution < -0.4 is 5.69 Å². The van der Waals surface area contributed by atoms with Crippen molar-refractivity contribution in [3.63, 3.8) is 0 Å². The molecule has 0 unspecified atom stereocenters. The number of carbonyl (C=O) groups excluding carboxylic acids is 1. The van der Waals surface area contributed by atoms with Gasteiger partial charge >= 0.3 is 5.69 Å². The molecule has 8 nitrogen and oxygen atoms in total. The molecule has 1 aliphatic heterocycles. The molecule has 4 rings (SSSR count). The number of rotatable bonds is 3. The highest BCUT2D eigenvalue weighted by molar-refractivity contribution is 8.26. The van der Waals surface area contributed by atoms with Gasteiger partial charge in [0.15, 0.2) is 0 Å². The quantitative estimate of drug-likeness (QED) is 0.320. The number of nitro groups is 1. The molecule has 2 fully saturated rings. The van der Waals surface area contributed by atoms with Crippen LogP contribution >= 0.6 is 24.0 Å². The van der Waals surface area contributed by atoms with Gasteiger partial charge in [0.2, 0.25) is 0 Å². The summed E-state index contributed by atoms with van der Waals surface area (Å²) in [7, 11) is 3.19. The Morgan fingerprint density at radius 2 is 1.76 bits per heavy atom. The Labute approximate surface area is 176 Å². The van der Waals surface area contributed by atoms with E-state index in [0.717, 1.165) is 25.7 Å². The summed E-state index contributed by atoms with van der Waals surface area (Å²) in [4.78, 5) is 38.4. The summed E-state index contributed by atoms with van der Waals surface area (Å²) in [6.07, 6.45) is 6.70. The Balaban J connectivity index is 1.79. The molecule has 1 aromatic heterocycles. The van der Waals surface area contributed by atoms with Crippen molar-refractivity contribution in [1.29, 1.82) is 0 Å². The van der Waals surface area contributed by atoms with Gasteiger partial charge in [-0.05, 0) is 25.0 Å². The summed E-state index contributed by atoms with van der Waals surface area (Å²) in [5.41, 5.74) is 0.901. The fraction of sp³-hybridized carbons (Fsp3) is 0.421. The van der Waals surface area contributed by atoms with Crippen molar-refractivity contribution < 1.29 is 9.72 Å². The summed E-state index contributed by atoms with van der Waals surface area (Å²) >= 11 is 6.62. The summed E-state index contributed by atoms with van der Waals surface area (Å²) in [6.45, 7) is 0. The fourth-order valence-corrected chi connectivity index (χ4v) is 5.49. The van der Waals surface area contributed by atoms with E-state index in [9.17, 15) is 19.7 Å². The van der Waals surface area contributed by atoms with Crippen LogP contribution in [-0.4, -0.2) is 35.2 Å². The van der Waals surface area contributed by atoms with Gasteiger partial charge in [-0.25, -0.2) is 4.79 Å². The molecule has 0 N–H and O–H groups in total. The number of amides is 1. The molecule has 10 heteroatoms. The SMILES string of the molecule is Cn1c(=O)n(C)c2cc([N+](=O)[O-])c(/C=C3/SC(=S)N(C4CCCCC4)C3=O)cc21. The Kier molecular flexibility index (Phi) is 5.07. The second-order valence-electron chi connectivity index (χ2n) is 7.40. The molecule has 1 aliphatic carbocycles. The molecule has 2 aliphatic rings. The summed E-state index contributed by atoms with van der Waals surface area (Å²) in [5, 5.41) is 11.7. The smallest absolute Gasteiger partial charge is 0.295 e. The monoisotopic (exact) mass is 432 g/mol. The number of imidazole rings is 1. The Morgan fingerprint density at radius 3 is 2.38 bits per heavy atom. The third kappa shape index (κ3) is 3.29. The molecule has 2 heterocycles. The molecule has 0 radical (unpaired) electrons. The van der Waals surface area contributed by atoms with Gasteiger partial charge in [0, 0.05) is 26.2 Å². The largest absolute Gasteiger partial charge is 0.328 e. The first kappa shape index (κ1) is 19.8. The van der Waals surface area contributed by atoms with Crippen molar-refractivity contribution in [3.8, 4) is 0 Å². The Hall–Kier alpha value is -2.46. The molecule has 1 saturated carbocycles. The minimum Gasteiger partial charge on any atom is -0.295 e. The molecule has 2 aromatic rings. The van der Waals surface area contributed by atoms with E-state index in [2.05, 4.69) is 0 Å². The number of hydrogen-bond acceptors (Lipinski definition) is 6. The molecule has 0 atom stereocenters. The van der Waals surface area contributed by atoms with Gasteiger partial charge in [-0.15, -0.1) is 0 Å². The molecule has 0 bridgehead atoms. The highest BCUT2D eigenvalue weighted by Gasteiger charge is 2.37. The molecular formula is C19H20N4O4S2. The van der Waals surface area contributed by atoms with Gasteiger partial charge in [-0.2, -0.15) is 0 Å². The first-order valence-corrected chi connectivity index (χ1v) is 10.6. The van der Waals surface area contributed by atoms with E-state index in [1.165, 1.54) is 39.5 Å². The number of aromatic nitrogens is 2. The third-order valence-corrected chi connectivity index (χ3v) is 7.00. The molecule has 0 spiro atoms. The van der Waals surface area contributed by atoms with Crippen LogP contribution in [0.1, 0.15) is 37.7 Å². The summed E-state index contributed by atoms with van der Waals surface area (Å²) in [5.74, 6) is -0.191. The fourth-order valence-electron chi connectivity index (χ4n) is 4.10. The van der Waals surface area contributed by atoms with Crippen LogP contribution in [0, 0.1) is 10.1 Å². The predicted octanol–water partition coefficient (Wildman–Crippen LogP) is 3.32. The molecule has 1 saturated heterocycles. The van der Waals surface area contributed by atoms with Crippen molar-refractivity contribution in [2.45, 2.75) is 38.1 Å². The lowest BCUT2D eigenvalue weighted by molar-refractivity contribution is -0.385. The van der Waals surface area contributed by atoms with Gasteiger partial charge in [0.1, 0.15) is 4.32 Å². The molecule has 152 valence electrons. The normalized spacial score (nSPS) is 19.7. The van der Waals surface area contributed by atoms with Gasteiger partial charge in [-0.3, -0.25) is 28.9 Å². The van der Waals surface area contributed by atoms with E-state index < -0.39 is 4.92 Å². The maximum Gasteiger partial charge on any atom is 0.328 e. The molecule has 29 heavy (non-hydrogen) atoms. The average Bonchev–Trinajstić information content (AvgIpc) is 3.09. The minimum absolute atomic E-state index is 0.106. The lowest BCUT2D eigenvalue weighted by Gasteiger charge is -2.29. The number of hydrogen-bond donors (Lipinski definition) is 0. The van der Waals surface area contributed by atoms with Gasteiger partial charge in [0.25, 0.3) is 11.6 Å². The third-order valence-electron chi connectivity index (χ3n) is 5.67. The summed E-state index contributed by atoms with van der Waals surface area (Å²) < 4.78 is 3.31. The van der Waals surface area contributed by atoms with Crippen molar-refractivity contribution in [1.82, 2.24) is 14.0 Å². The van der Waals surface area contributed by atoms with E-state index in [4.69, 9.17) is 12.2 Å². The lowest BCUT2D eigenvalue weighted by Crippen LogP contribution is -2.39. The zero-order chi connectivity index (χ0) is 20.9. The van der Waals surface area contributed by atoms with Crippen molar-refractivity contribution >= 4 is 57.0 Å². The van der Waals surface area contributed by atoms with E-state index in [1.54, 1.807) is 25.1 Å². The van der Waals surface area contributed by atoms with E-state index in [-0.39, 0.29) is 28.9 Å². The van der Waals surface area contributed by atoms with Crippen molar-refractivity contribution in [3.05, 3.63) is 43.2 Å². The second-order valence-corrected chi connectivity index (χ2v) is 9.08. The first-order valence-electron chi connectivity index (χ1n) is 9.40. The number of aryl methyl sites for hydroxylation is 2. The first-order chi connectivity index (χ1) is 13.8. The number of benzene rings is 1. The topological polar surface area (TPSA) is 90.4 Å². The van der Waals surface area contributed by atoms with E-state index in [1.807, 2.05) is 0 Å². The zero-order valence-electron chi connectivity index (χ0n) is 16.1. The van der Waals surface area contributed by atoms with Gasteiger partial charge < -0.3 is 0 Å². The maximum absolute atomic E-state index is 13.0. The Morgan fingerprint density at radius 1 is 1.14 bits per heavy atom. The molecule has 1 aromatic carbocycles. The average molecular weight is 433 g/mol. The predicted molar refractivity (Wildman–Crippen MR) is 117 cm³/mol. The number of nitro benzene ring substituents is 1. The van der Waals surface area contributed by atoms with Crippen LogP contribution in [0.2, 0.25) is 0 Å². The highest BCUT2D eigenvalue weighted by atomic mass is 32.2. The second kappa shape index (κ2) is 7.42. The Bertz CT molecular complexity index is 1140. The lowest BCUT2D eigenvalue weighted by atomic mass is 9.94. The van der Waals surface area contributed by atoms with Crippen LogP contribution in [0.3, 0.4) is 0 Å². The zero-order valence-corrected chi connectivity index (χ0v) is 17.7. The maximum atomic E-state index is 13.0. The number of carbonyl (C=O) groups is 1. The standard InChI is InChI=1S/C19H20N4O4S2/c1-20-14-8-11(13(23(26)27)10-15(14)21(2)18(20)25)9-16-17(24)22(19(28)29-16)12-6-4-3-5-7-12/h8-10,12H,3-7H2,1-2H3/b16-9+. The van der Waals surface area contributed by atoms with E-state index in [0.29, 0.717) is 20.3 Å². The molecular weight excluding hydrogens is 412 g/mol. The van der Waals surface area contributed by atoms with Crippen molar-refractivity contribution in [2.75, 3.05) is 0 Å². The number of thiocarbonyl (C=S) groups is 1. The van der Waals surface area contributed by atoms with Crippen LogP contribution in [0.25, 0.3) is 17.1 Å². The van der Waals surface area contributed by atoms with Crippen LogP contribution in [0.5, 0.6) is 0 Å². The minimum atomic E-state index is -0.495. The van der Waals surface area contributed by atoms with E-state index >= 15 is 0 Å². The van der Waals surface area contributed by atoms with Crippen LogP contribution in [-0.2, 0) is 18.9 Å². The molecule has 1 amide bonds. The van der Waals surface area contributed by atoms with Crippen LogP contribution in [0.4, 0.5) is 5.69 Å². The highest BCUT2D eigenvalue weighted by Crippen LogP contribution is 2.38. The number of nitrogens with zero attached hydrogens (tertiary/aromatic N) is 4. The number of fused-ring (bicyclic) bond motifs is 1. The number of thioether (sulfide) groups is 1. The van der Waals surface area contributed by atoms with Gasteiger partial charge in [-0.1, -0.05) is 43.2 Å². The van der Waals surface area contributed by atoms with Crippen molar-refractivity contribution in [2.24, 2.45) is 14.1 Å². The summed E-state index contributed by atoms with van der Waals surface area (Å²) in [6, 6.07) is 3.07. The van der Waals surface area contributed by atoms with Crippen LogP contribution in [0.15, 0.2) is 21.8 Å². The van der Waals surface area contributed by atoms with Gasteiger partial charge in [0.05, 0.1) is 26.4 Å².